The summed E-state index contributed by atoms with van der Waals surface area (Å²) in [6.45, 7) is 2.69. The van der Waals surface area contributed by atoms with Crippen molar-refractivity contribution in [3.05, 3.63) is 0 Å². The highest BCUT2D eigenvalue weighted by atomic mass is 79.9. The van der Waals surface area contributed by atoms with Crippen LogP contribution < -0.4 is 5.32 Å². The van der Waals surface area contributed by atoms with Gasteiger partial charge in [-0.3, -0.25) is 4.79 Å². The van der Waals surface area contributed by atoms with E-state index in [2.05, 4.69) is 21.2 Å². The molecule has 76 valence electrons. The third-order valence-corrected chi connectivity index (χ3v) is 3.06. The number of nitrogens with one attached hydrogen (secondary N) is 1. The van der Waals surface area contributed by atoms with Gasteiger partial charge in [0.1, 0.15) is 6.10 Å². The summed E-state index contributed by atoms with van der Waals surface area (Å²) in [6, 6.07) is 0.179. The van der Waals surface area contributed by atoms with E-state index >= 15 is 0 Å². The maximum atomic E-state index is 11.5. The molecule has 4 heteroatoms. The van der Waals surface area contributed by atoms with Gasteiger partial charge in [0.25, 0.3) is 0 Å². The largest absolute Gasteiger partial charge is 0.368 e. The minimum absolute atomic E-state index is 0.0339. The third kappa shape index (κ3) is 3.65. The zero-order valence-corrected chi connectivity index (χ0v) is 9.47. The van der Waals surface area contributed by atoms with Crippen LogP contribution in [-0.4, -0.2) is 30.0 Å². The van der Waals surface area contributed by atoms with Crippen LogP contribution in [0.1, 0.15) is 26.2 Å². The van der Waals surface area contributed by atoms with Crippen molar-refractivity contribution in [1.29, 1.82) is 0 Å². The van der Waals surface area contributed by atoms with Crippen LogP contribution in [0.15, 0.2) is 0 Å². The SMILES string of the molecule is CC(CBr)NC(=O)C1CCCCO1. The summed E-state index contributed by atoms with van der Waals surface area (Å²) in [5.74, 6) is 0.0339. The molecule has 1 heterocycles. The Hall–Kier alpha value is -0.0900. The second kappa shape index (κ2) is 5.60. The van der Waals surface area contributed by atoms with E-state index in [0.29, 0.717) is 0 Å². The standard InChI is InChI=1S/C9H16BrNO2/c1-7(6-10)11-9(12)8-4-2-3-5-13-8/h7-8H,2-6H2,1H3,(H,11,12). The number of carbonyl (C=O) groups excluding carboxylic acids is 1. The molecule has 1 rings (SSSR count). The van der Waals surface area contributed by atoms with E-state index in [1.165, 1.54) is 0 Å². The van der Waals surface area contributed by atoms with Crippen molar-refractivity contribution < 1.29 is 9.53 Å². The van der Waals surface area contributed by atoms with E-state index in [-0.39, 0.29) is 18.1 Å². The number of amides is 1. The van der Waals surface area contributed by atoms with Crippen LogP contribution in [-0.2, 0) is 9.53 Å². The minimum atomic E-state index is -0.213. The first-order valence-corrected chi connectivity index (χ1v) is 5.84. The number of hydrogen-bond donors (Lipinski definition) is 1. The molecule has 0 aromatic carbocycles. The molecule has 0 saturated carbocycles. The van der Waals surface area contributed by atoms with Gasteiger partial charge in [0.15, 0.2) is 0 Å². The lowest BCUT2D eigenvalue weighted by Gasteiger charge is -2.23. The Bertz CT molecular complexity index is 169. The number of ether oxygens (including phenoxy) is 1. The molecule has 13 heavy (non-hydrogen) atoms. The maximum absolute atomic E-state index is 11.5. The summed E-state index contributed by atoms with van der Waals surface area (Å²) in [4.78, 5) is 11.5. The zero-order valence-electron chi connectivity index (χ0n) is 7.88. The number of halogens is 1. The van der Waals surface area contributed by atoms with Crippen molar-refractivity contribution in [2.45, 2.75) is 38.3 Å². The number of hydrogen-bond acceptors (Lipinski definition) is 2. The fraction of sp³-hybridized carbons (Fsp3) is 0.889. The van der Waals surface area contributed by atoms with Crippen LogP contribution in [0.2, 0.25) is 0 Å². The molecule has 0 spiro atoms. The van der Waals surface area contributed by atoms with Crippen LogP contribution in [0.4, 0.5) is 0 Å². The van der Waals surface area contributed by atoms with Crippen molar-refractivity contribution in [1.82, 2.24) is 5.32 Å². The molecule has 0 bridgehead atoms. The van der Waals surface area contributed by atoms with E-state index in [1.54, 1.807) is 0 Å². The number of alkyl halides is 1. The smallest absolute Gasteiger partial charge is 0.249 e. The van der Waals surface area contributed by atoms with E-state index in [0.717, 1.165) is 31.2 Å². The fourth-order valence-corrected chi connectivity index (χ4v) is 1.48. The van der Waals surface area contributed by atoms with Crippen molar-refractivity contribution >= 4 is 21.8 Å². The summed E-state index contributed by atoms with van der Waals surface area (Å²) >= 11 is 3.31. The molecule has 1 saturated heterocycles. The first-order chi connectivity index (χ1) is 6.24. The lowest BCUT2D eigenvalue weighted by molar-refractivity contribution is -0.135. The van der Waals surface area contributed by atoms with Gasteiger partial charge in [0.05, 0.1) is 0 Å². The molecule has 0 aliphatic carbocycles. The topological polar surface area (TPSA) is 38.3 Å². The normalized spacial score (nSPS) is 25.2. The molecule has 1 aliphatic rings. The lowest BCUT2D eigenvalue weighted by Crippen LogP contribution is -2.43. The van der Waals surface area contributed by atoms with Gasteiger partial charge in [-0.1, -0.05) is 15.9 Å². The molecule has 2 atom stereocenters. The highest BCUT2D eigenvalue weighted by Crippen LogP contribution is 2.12. The van der Waals surface area contributed by atoms with Crippen molar-refractivity contribution in [2.24, 2.45) is 0 Å². The zero-order chi connectivity index (χ0) is 9.68. The van der Waals surface area contributed by atoms with Gasteiger partial charge >= 0.3 is 0 Å². The highest BCUT2D eigenvalue weighted by Gasteiger charge is 2.22. The monoisotopic (exact) mass is 249 g/mol. The molecule has 1 aliphatic heterocycles. The Morgan fingerprint density at radius 2 is 2.46 bits per heavy atom. The van der Waals surface area contributed by atoms with Gasteiger partial charge in [-0.2, -0.15) is 0 Å². The summed E-state index contributed by atoms with van der Waals surface area (Å²) in [5.41, 5.74) is 0. The average molecular weight is 250 g/mol. The van der Waals surface area contributed by atoms with Crippen molar-refractivity contribution in [3.63, 3.8) is 0 Å². The molecule has 0 aromatic rings. The molecular weight excluding hydrogens is 234 g/mol. The summed E-state index contributed by atoms with van der Waals surface area (Å²) < 4.78 is 5.36. The van der Waals surface area contributed by atoms with Crippen LogP contribution in [0, 0.1) is 0 Å². The van der Waals surface area contributed by atoms with Crippen LogP contribution >= 0.6 is 15.9 Å². The van der Waals surface area contributed by atoms with Crippen molar-refractivity contribution in [2.75, 3.05) is 11.9 Å². The summed E-state index contributed by atoms with van der Waals surface area (Å²) in [5, 5.41) is 3.67. The van der Waals surface area contributed by atoms with Crippen LogP contribution in [0.5, 0.6) is 0 Å². The summed E-state index contributed by atoms with van der Waals surface area (Å²) in [6.07, 6.45) is 2.83. The average Bonchev–Trinajstić information content (AvgIpc) is 2.19. The molecule has 2 unspecified atom stereocenters. The molecule has 1 fully saturated rings. The predicted octanol–water partition coefficient (Wildman–Crippen LogP) is 1.46. The first-order valence-electron chi connectivity index (χ1n) is 4.72. The van der Waals surface area contributed by atoms with E-state index < -0.39 is 0 Å². The summed E-state index contributed by atoms with van der Waals surface area (Å²) in [7, 11) is 0. The third-order valence-electron chi connectivity index (χ3n) is 2.09. The Kier molecular flexibility index (Phi) is 4.73. The van der Waals surface area contributed by atoms with Crippen molar-refractivity contribution in [3.8, 4) is 0 Å². The Morgan fingerprint density at radius 3 is 3.00 bits per heavy atom. The minimum Gasteiger partial charge on any atom is -0.368 e. The molecule has 1 amide bonds. The van der Waals surface area contributed by atoms with Gasteiger partial charge in [0, 0.05) is 18.0 Å². The molecule has 0 aromatic heterocycles. The van der Waals surface area contributed by atoms with Crippen LogP contribution in [0.3, 0.4) is 0 Å². The Morgan fingerprint density at radius 1 is 1.69 bits per heavy atom. The van der Waals surface area contributed by atoms with Gasteiger partial charge < -0.3 is 10.1 Å². The highest BCUT2D eigenvalue weighted by molar-refractivity contribution is 9.09. The molecular formula is C9H16BrNO2. The van der Waals surface area contributed by atoms with Gasteiger partial charge in [-0.25, -0.2) is 0 Å². The predicted molar refractivity (Wildman–Crippen MR) is 55.0 cm³/mol. The fourth-order valence-electron chi connectivity index (χ4n) is 1.32. The molecule has 1 N–H and O–H groups in total. The maximum Gasteiger partial charge on any atom is 0.249 e. The van der Waals surface area contributed by atoms with Crippen LogP contribution in [0.25, 0.3) is 0 Å². The van der Waals surface area contributed by atoms with Gasteiger partial charge in [-0.05, 0) is 26.2 Å². The molecule has 3 nitrogen and oxygen atoms in total. The van der Waals surface area contributed by atoms with E-state index in [9.17, 15) is 4.79 Å². The Balaban J connectivity index is 2.29. The van der Waals surface area contributed by atoms with E-state index in [1.807, 2.05) is 6.92 Å². The second-order valence-electron chi connectivity index (χ2n) is 3.42. The van der Waals surface area contributed by atoms with Gasteiger partial charge in [-0.15, -0.1) is 0 Å². The number of rotatable bonds is 3. The number of carbonyl (C=O) groups is 1. The van der Waals surface area contributed by atoms with E-state index in [4.69, 9.17) is 4.74 Å². The Labute approximate surface area is 87.3 Å². The van der Waals surface area contributed by atoms with Gasteiger partial charge in [0.2, 0.25) is 5.91 Å². The quantitative estimate of drug-likeness (QED) is 0.770. The molecule has 0 radical (unpaired) electrons. The lowest BCUT2D eigenvalue weighted by atomic mass is 10.1. The first kappa shape index (κ1) is 11.0. The second-order valence-corrected chi connectivity index (χ2v) is 4.07.